The van der Waals surface area contributed by atoms with Crippen LogP contribution in [0.2, 0.25) is 0 Å². The van der Waals surface area contributed by atoms with Gasteiger partial charge in [0.1, 0.15) is 5.69 Å². The normalized spacial score (nSPS) is 20.2. The molecule has 1 aromatic rings. The molecular formula is C17H24N4O3. The molecule has 0 bridgehead atoms. The van der Waals surface area contributed by atoms with Gasteiger partial charge < -0.3 is 15.5 Å². The number of benzene rings is 1. The minimum Gasteiger partial charge on any atom is -0.362 e. The third kappa shape index (κ3) is 2.96. The Bertz CT molecular complexity index is 620. The van der Waals surface area contributed by atoms with Gasteiger partial charge >= 0.3 is 0 Å². The van der Waals surface area contributed by atoms with Gasteiger partial charge in [-0.2, -0.15) is 0 Å². The van der Waals surface area contributed by atoms with Crippen molar-refractivity contribution in [3.8, 4) is 0 Å². The van der Waals surface area contributed by atoms with E-state index in [0.717, 1.165) is 25.7 Å². The van der Waals surface area contributed by atoms with Crippen molar-refractivity contribution in [1.82, 2.24) is 4.90 Å². The van der Waals surface area contributed by atoms with Crippen molar-refractivity contribution in [1.29, 1.82) is 0 Å². The number of carbonyl (C=O) groups excluding carboxylic acids is 1. The summed E-state index contributed by atoms with van der Waals surface area (Å²) in [6.45, 7) is 2.81. The number of amides is 1. The van der Waals surface area contributed by atoms with Gasteiger partial charge in [-0.3, -0.25) is 14.9 Å². The maximum atomic E-state index is 12.9. The van der Waals surface area contributed by atoms with E-state index in [2.05, 4.69) is 0 Å². The van der Waals surface area contributed by atoms with Crippen LogP contribution >= 0.6 is 0 Å². The Morgan fingerprint density at radius 2 is 1.79 bits per heavy atom. The van der Waals surface area contributed by atoms with Gasteiger partial charge in [0.05, 0.1) is 10.3 Å². The van der Waals surface area contributed by atoms with Crippen LogP contribution in [0, 0.1) is 15.5 Å². The van der Waals surface area contributed by atoms with Gasteiger partial charge in [-0.1, -0.05) is 25.0 Å². The Balaban J connectivity index is 1.68. The summed E-state index contributed by atoms with van der Waals surface area (Å²) in [5, 5.41) is 11.2. The van der Waals surface area contributed by atoms with Gasteiger partial charge in [0.25, 0.3) is 5.69 Å². The van der Waals surface area contributed by atoms with Crippen molar-refractivity contribution in [3.05, 3.63) is 34.4 Å². The van der Waals surface area contributed by atoms with Gasteiger partial charge in [0.15, 0.2) is 0 Å². The van der Waals surface area contributed by atoms with E-state index in [0.29, 0.717) is 38.4 Å². The van der Waals surface area contributed by atoms with Crippen molar-refractivity contribution in [2.24, 2.45) is 11.1 Å². The van der Waals surface area contributed by atoms with Crippen LogP contribution in [-0.2, 0) is 4.79 Å². The standard InChI is InChI=1S/C17H24N4O3/c18-13-17(7-3-4-8-17)16(22)20-11-9-19(10-12-20)14-5-1-2-6-15(14)21(23)24/h1-2,5-6H,3-4,7-13,18H2. The molecule has 2 N–H and O–H groups in total. The second-order valence-electron chi connectivity index (χ2n) is 6.72. The molecule has 0 spiro atoms. The third-order valence-corrected chi connectivity index (χ3v) is 5.39. The zero-order valence-electron chi connectivity index (χ0n) is 13.8. The lowest BCUT2D eigenvalue weighted by molar-refractivity contribution is -0.384. The molecule has 1 aliphatic heterocycles. The van der Waals surface area contributed by atoms with Gasteiger partial charge in [-0.15, -0.1) is 0 Å². The monoisotopic (exact) mass is 332 g/mol. The number of carbonyl (C=O) groups is 1. The molecule has 0 unspecified atom stereocenters. The number of nitrogens with zero attached hydrogens (tertiary/aromatic N) is 3. The zero-order valence-corrected chi connectivity index (χ0v) is 13.8. The Hall–Kier alpha value is -2.15. The lowest BCUT2D eigenvalue weighted by Crippen LogP contribution is -2.54. The van der Waals surface area contributed by atoms with E-state index in [4.69, 9.17) is 5.73 Å². The smallest absolute Gasteiger partial charge is 0.292 e. The summed E-state index contributed by atoms with van der Waals surface area (Å²) < 4.78 is 0. The molecule has 2 aliphatic rings. The average Bonchev–Trinajstić information content (AvgIpc) is 3.11. The van der Waals surface area contributed by atoms with Gasteiger partial charge in [-0.05, 0) is 18.9 Å². The molecule has 2 fully saturated rings. The molecule has 1 saturated carbocycles. The summed E-state index contributed by atoms with van der Waals surface area (Å²) in [5.41, 5.74) is 6.29. The van der Waals surface area contributed by atoms with E-state index in [1.165, 1.54) is 6.07 Å². The van der Waals surface area contributed by atoms with Crippen LogP contribution in [-0.4, -0.2) is 48.5 Å². The van der Waals surface area contributed by atoms with Crippen molar-refractivity contribution >= 4 is 17.3 Å². The summed E-state index contributed by atoms with van der Waals surface area (Å²) >= 11 is 0. The van der Waals surface area contributed by atoms with Crippen molar-refractivity contribution < 1.29 is 9.72 Å². The van der Waals surface area contributed by atoms with Crippen LogP contribution in [0.1, 0.15) is 25.7 Å². The molecule has 24 heavy (non-hydrogen) atoms. The molecule has 130 valence electrons. The third-order valence-electron chi connectivity index (χ3n) is 5.39. The second-order valence-corrected chi connectivity index (χ2v) is 6.72. The van der Waals surface area contributed by atoms with E-state index in [1.807, 2.05) is 15.9 Å². The van der Waals surface area contributed by atoms with Gasteiger partial charge in [-0.25, -0.2) is 0 Å². The highest BCUT2D eigenvalue weighted by atomic mass is 16.6. The van der Waals surface area contributed by atoms with Crippen LogP contribution < -0.4 is 10.6 Å². The van der Waals surface area contributed by atoms with Gasteiger partial charge in [0, 0.05) is 38.8 Å². The second kappa shape index (κ2) is 6.76. The minimum absolute atomic E-state index is 0.117. The summed E-state index contributed by atoms with van der Waals surface area (Å²) in [7, 11) is 0. The van der Waals surface area contributed by atoms with Crippen molar-refractivity contribution in [2.75, 3.05) is 37.6 Å². The van der Waals surface area contributed by atoms with E-state index in [1.54, 1.807) is 12.1 Å². The first kappa shape index (κ1) is 16.7. The number of hydrogen-bond donors (Lipinski definition) is 1. The number of nitro benzene ring substituents is 1. The average molecular weight is 332 g/mol. The Kier molecular flexibility index (Phi) is 4.71. The summed E-state index contributed by atoms with van der Waals surface area (Å²) in [6, 6.07) is 6.77. The molecule has 1 aliphatic carbocycles. The number of nitrogens with two attached hydrogens (primary N) is 1. The SMILES string of the molecule is NCC1(C(=O)N2CCN(c3ccccc3[N+](=O)[O-])CC2)CCCC1. The van der Waals surface area contributed by atoms with E-state index in [9.17, 15) is 14.9 Å². The van der Waals surface area contributed by atoms with E-state index in [-0.39, 0.29) is 21.9 Å². The van der Waals surface area contributed by atoms with E-state index >= 15 is 0 Å². The topological polar surface area (TPSA) is 92.7 Å². The number of para-hydroxylation sites is 2. The summed E-state index contributed by atoms with van der Waals surface area (Å²) in [4.78, 5) is 27.6. The lowest BCUT2D eigenvalue weighted by Gasteiger charge is -2.40. The highest BCUT2D eigenvalue weighted by Gasteiger charge is 2.43. The Morgan fingerprint density at radius 1 is 1.17 bits per heavy atom. The molecule has 1 heterocycles. The number of nitro groups is 1. The fourth-order valence-corrected chi connectivity index (χ4v) is 3.93. The maximum Gasteiger partial charge on any atom is 0.292 e. The quantitative estimate of drug-likeness (QED) is 0.670. The van der Waals surface area contributed by atoms with Crippen LogP contribution in [0.5, 0.6) is 0 Å². The summed E-state index contributed by atoms with van der Waals surface area (Å²) in [5.74, 6) is 0.171. The number of anilines is 1. The predicted molar refractivity (Wildman–Crippen MR) is 91.8 cm³/mol. The van der Waals surface area contributed by atoms with Crippen molar-refractivity contribution in [2.45, 2.75) is 25.7 Å². The molecule has 7 nitrogen and oxygen atoms in total. The van der Waals surface area contributed by atoms with Crippen LogP contribution in [0.3, 0.4) is 0 Å². The molecule has 0 aromatic heterocycles. The molecule has 0 radical (unpaired) electrons. The number of rotatable bonds is 4. The largest absolute Gasteiger partial charge is 0.362 e. The summed E-state index contributed by atoms with van der Waals surface area (Å²) in [6.07, 6.45) is 3.90. The molecule has 3 rings (SSSR count). The first-order chi connectivity index (χ1) is 11.6. The van der Waals surface area contributed by atoms with E-state index < -0.39 is 0 Å². The highest BCUT2D eigenvalue weighted by molar-refractivity contribution is 5.83. The minimum atomic E-state index is -0.374. The van der Waals surface area contributed by atoms with Crippen LogP contribution in [0.15, 0.2) is 24.3 Å². The molecule has 1 amide bonds. The van der Waals surface area contributed by atoms with Gasteiger partial charge in [0.2, 0.25) is 5.91 Å². The molecule has 1 aromatic carbocycles. The Labute approximate surface area is 141 Å². The fraction of sp³-hybridized carbons (Fsp3) is 0.588. The fourth-order valence-electron chi connectivity index (χ4n) is 3.93. The molecule has 1 saturated heterocycles. The zero-order chi connectivity index (χ0) is 17.2. The maximum absolute atomic E-state index is 12.9. The number of piperazine rings is 1. The molecule has 7 heteroatoms. The lowest BCUT2D eigenvalue weighted by atomic mass is 9.84. The first-order valence-electron chi connectivity index (χ1n) is 8.55. The molecular weight excluding hydrogens is 308 g/mol. The predicted octanol–water partition coefficient (Wildman–Crippen LogP) is 1.76. The first-order valence-corrected chi connectivity index (χ1v) is 8.55. The van der Waals surface area contributed by atoms with Crippen LogP contribution in [0.4, 0.5) is 11.4 Å². The van der Waals surface area contributed by atoms with Crippen molar-refractivity contribution in [3.63, 3.8) is 0 Å². The molecule has 0 atom stereocenters. The number of hydrogen-bond acceptors (Lipinski definition) is 5. The van der Waals surface area contributed by atoms with Crippen LogP contribution in [0.25, 0.3) is 0 Å². The highest BCUT2D eigenvalue weighted by Crippen LogP contribution is 2.39. The Morgan fingerprint density at radius 3 is 2.38 bits per heavy atom.